The molecule has 0 spiro atoms. The summed E-state index contributed by atoms with van der Waals surface area (Å²) in [5.74, 6) is 0.155. The van der Waals surface area contributed by atoms with E-state index >= 15 is 0 Å². The van der Waals surface area contributed by atoms with Crippen molar-refractivity contribution in [1.82, 2.24) is 0 Å². The largest absolute Gasteiger partial charge is 0.573 e. The van der Waals surface area contributed by atoms with Crippen LogP contribution in [0.1, 0.15) is 17.2 Å². The first-order chi connectivity index (χ1) is 10.3. The molecule has 2 aromatic rings. The van der Waals surface area contributed by atoms with Crippen molar-refractivity contribution in [3.05, 3.63) is 53.6 Å². The molecular formula is C15H14F3NO3. The molecule has 0 amide bonds. The lowest BCUT2D eigenvalue weighted by Crippen LogP contribution is -2.17. The highest BCUT2D eigenvalue weighted by Gasteiger charge is 2.31. The number of hydrogen-bond acceptors (Lipinski definition) is 4. The van der Waals surface area contributed by atoms with E-state index in [1.165, 1.54) is 37.4 Å². The van der Waals surface area contributed by atoms with Gasteiger partial charge in [0, 0.05) is 5.56 Å². The second-order valence-electron chi connectivity index (χ2n) is 4.52. The predicted octanol–water partition coefficient (Wildman–Crippen LogP) is 3.35. The number of rotatable bonds is 4. The molecule has 0 fully saturated rings. The van der Waals surface area contributed by atoms with Crippen molar-refractivity contribution < 1.29 is 27.8 Å². The summed E-state index contributed by atoms with van der Waals surface area (Å²) in [6.07, 6.45) is -4.74. The number of halogens is 3. The fourth-order valence-electron chi connectivity index (χ4n) is 1.97. The number of phenols is 1. The molecule has 0 heterocycles. The molecular weight excluding hydrogens is 299 g/mol. The number of aromatic hydroxyl groups is 1. The third-order valence-corrected chi connectivity index (χ3v) is 3.04. The summed E-state index contributed by atoms with van der Waals surface area (Å²) in [6.45, 7) is 0. The van der Waals surface area contributed by atoms with Crippen LogP contribution in [0.3, 0.4) is 0 Å². The maximum absolute atomic E-state index is 12.1. The van der Waals surface area contributed by atoms with Gasteiger partial charge in [0.05, 0.1) is 13.2 Å². The maximum atomic E-state index is 12.1. The van der Waals surface area contributed by atoms with Crippen molar-refractivity contribution in [2.24, 2.45) is 5.73 Å². The molecule has 0 bridgehead atoms. The van der Waals surface area contributed by atoms with Crippen LogP contribution in [0.2, 0.25) is 0 Å². The summed E-state index contributed by atoms with van der Waals surface area (Å²) >= 11 is 0. The zero-order valence-electron chi connectivity index (χ0n) is 11.6. The molecule has 22 heavy (non-hydrogen) atoms. The van der Waals surface area contributed by atoms with E-state index in [0.717, 1.165) is 0 Å². The van der Waals surface area contributed by atoms with Gasteiger partial charge in [-0.15, -0.1) is 13.2 Å². The Morgan fingerprint density at radius 1 is 1.05 bits per heavy atom. The van der Waals surface area contributed by atoms with Crippen LogP contribution in [-0.4, -0.2) is 18.6 Å². The Bertz CT molecular complexity index is 641. The van der Waals surface area contributed by atoms with Gasteiger partial charge < -0.3 is 20.3 Å². The molecule has 7 heteroatoms. The van der Waals surface area contributed by atoms with Crippen LogP contribution in [0.25, 0.3) is 0 Å². The number of phenolic OH excluding ortho intramolecular Hbond substituents is 1. The third kappa shape index (κ3) is 3.82. The summed E-state index contributed by atoms with van der Waals surface area (Å²) in [6, 6.07) is 9.02. The van der Waals surface area contributed by atoms with E-state index < -0.39 is 12.4 Å². The van der Waals surface area contributed by atoms with E-state index in [1.807, 2.05) is 0 Å². The van der Waals surface area contributed by atoms with Crippen LogP contribution in [0.5, 0.6) is 17.2 Å². The zero-order valence-corrected chi connectivity index (χ0v) is 11.6. The SMILES string of the molecule is COc1ccc(O)c([C@@H](N)c2ccc(OC(F)(F)F)cc2)c1. The van der Waals surface area contributed by atoms with Gasteiger partial charge in [-0.05, 0) is 35.9 Å². The summed E-state index contributed by atoms with van der Waals surface area (Å²) in [5, 5.41) is 9.86. The molecule has 1 atom stereocenters. The average Bonchev–Trinajstić information content (AvgIpc) is 2.46. The highest BCUT2D eigenvalue weighted by atomic mass is 19.4. The van der Waals surface area contributed by atoms with E-state index in [2.05, 4.69) is 4.74 Å². The van der Waals surface area contributed by atoms with E-state index in [0.29, 0.717) is 16.9 Å². The molecule has 0 unspecified atom stereocenters. The van der Waals surface area contributed by atoms with Gasteiger partial charge in [-0.2, -0.15) is 0 Å². The summed E-state index contributed by atoms with van der Waals surface area (Å²) in [7, 11) is 1.48. The third-order valence-electron chi connectivity index (χ3n) is 3.04. The minimum atomic E-state index is -4.74. The second-order valence-corrected chi connectivity index (χ2v) is 4.52. The Labute approximate surface area is 124 Å². The Kier molecular flexibility index (Phi) is 4.46. The number of methoxy groups -OCH3 is 1. The number of nitrogens with two attached hydrogens (primary N) is 1. The Balaban J connectivity index is 2.24. The average molecular weight is 313 g/mol. The van der Waals surface area contributed by atoms with E-state index in [4.69, 9.17) is 10.5 Å². The van der Waals surface area contributed by atoms with Crippen LogP contribution in [0.15, 0.2) is 42.5 Å². The van der Waals surface area contributed by atoms with Gasteiger partial charge >= 0.3 is 6.36 Å². The number of alkyl halides is 3. The summed E-state index contributed by atoms with van der Waals surface area (Å²) in [5.41, 5.74) is 6.97. The Morgan fingerprint density at radius 2 is 1.64 bits per heavy atom. The predicted molar refractivity (Wildman–Crippen MR) is 73.8 cm³/mol. The van der Waals surface area contributed by atoms with Gasteiger partial charge in [0.1, 0.15) is 17.2 Å². The number of hydrogen-bond donors (Lipinski definition) is 2. The van der Waals surface area contributed by atoms with Gasteiger partial charge in [-0.25, -0.2) is 0 Å². The lowest BCUT2D eigenvalue weighted by atomic mass is 9.98. The van der Waals surface area contributed by atoms with Gasteiger partial charge in [-0.3, -0.25) is 0 Å². The highest BCUT2D eigenvalue weighted by Crippen LogP contribution is 2.32. The lowest BCUT2D eigenvalue weighted by Gasteiger charge is -2.16. The van der Waals surface area contributed by atoms with Crippen molar-refractivity contribution in [3.63, 3.8) is 0 Å². The molecule has 0 aromatic heterocycles. The minimum absolute atomic E-state index is 0.0241. The lowest BCUT2D eigenvalue weighted by molar-refractivity contribution is -0.274. The molecule has 0 aliphatic heterocycles. The van der Waals surface area contributed by atoms with Crippen molar-refractivity contribution in [2.45, 2.75) is 12.4 Å². The quantitative estimate of drug-likeness (QED) is 0.908. The van der Waals surface area contributed by atoms with Crippen LogP contribution in [0, 0.1) is 0 Å². The normalized spacial score (nSPS) is 12.8. The number of ether oxygens (including phenoxy) is 2. The molecule has 0 aliphatic rings. The Hall–Kier alpha value is -2.41. The van der Waals surface area contributed by atoms with Gasteiger partial charge in [0.25, 0.3) is 0 Å². The maximum Gasteiger partial charge on any atom is 0.573 e. The topological polar surface area (TPSA) is 64.7 Å². The van der Waals surface area contributed by atoms with Gasteiger partial charge in [0.15, 0.2) is 0 Å². The second kappa shape index (κ2) is 6.15. The van der Waals surface area contributed by atoms with E-state index in [1.54, 1.807) is 12.1 Å². The molecule has 2 rings (SSSR count). The molecule has 118 valence electrons. The fourth-order valence-corrected chi connectivity index (χ4v) is 1.97. The van der Waals surface area contributed by atoms with Crippen LogP contribution in [-0.2, 0) is 0 Å². The standard InChI is InChI=1S/C15H14F3NO3/c1-21-11-6-7-13(20)12(8-11)14(19)9-2-4-10(5-3-9)22-15(16,17)18/h2-8,14,20H,19H2,1H3/t14-/m0/s1. The highest BCUT2D eigenvalue weighted by molar-refractivity contribution is 5.45. The van der Waals surface area contributed by atoms with Crippen LogP contribution in [0.4, 0.5) is 13.2 Å². The summed E-state index contributed by atoms with van der Waals surface area (Å²) < 4.78 is 45.2. The Morgan fingerprint density at radius 3 is 2.18 bits per heavy atom. The summed E-state index contributed by atoms with van der Waals surface area (Å²) in [4.78, 5) is 0. The molecule has 2 aromatic carbocycles. The smallest absolute Gasteiger partial charge is 0.508 e. The minimum Gasteiger partial charge on any atom is -0.508 e. The first-order valence-electron chi connectivity index (χ1n) is 6.28. The number of benzene rings is 2. The first kappa shape index (κ1) is 16.0. The van der Waals surface area contributed by atoms with E-state index in [9.17, 15) is 18.3 Å². The monoisotopic (exact) mass is 313 g/mol. The van der Waals surface area contributed by atoms with Crippen LogP contribution >= 0.6 is 0 Å². The first-order valence-corrected chi connectivity index (χ1v) is 6.28. The molecule has 0 radical (unpaired) electrons. The fraction of sp³-hybridized carbons (Fsp3) is 0.200. The molecule has 0 aliphatic carbocycles. The molecule has 0 saturated carbocycles. The zero-order chi connectivity index (χ0) is 16.3. The van der Waals surface area contributed by atoms with Crippen molar-refractivity contribution in [3.8, 4) is 17.2 Å². The molecule has 3 N–H and O–H groups in total. The van der Waals surface area contributed by atoms with Crippen molar-refractivity contribution >= 4 is 0 Å². The molecule has 4 nitrogen and oxygen atoms in total. The van der Waals surface area contributed by atoms with Crippen molar-refractivity contribution in [2.75, 3.05) is 7.11 Å². The van der Waals surface area contributed by atoms with Gasteiger partial charge in [0.2, 0.25) is 0 Å². The van der Waals surface area contributed by atoms with Crippen LogP contribution < -0.4 is 15.2 Å². The van der Waals surface area contributed by atoms with Crippen molar-refractivity contribution in [1.29, 1.82) is 0 Å². The van der Waals surface area contributed by atoms with Gasteiger partial charge in [-0.1, -0.05) is 12.1 Å². The molecule has 0 saturated heterocycles. The van der Waals surface area contributed by atoms with E-state index in [-0.39, 0.29) is 11.5 Å².